The van der Waals surface area contributed by atoms with Crippen molar-refractivity contribution in [3.05, 3.63) is 90.1 Å². The molecule has 4 heteroatoms. The molecule has 0 fully saturated rings. The summed E-state index contributed by atoms with van der Waals surface area (Å²) in [4.78, 5) is 12.2. The van der Waals surface area contributed by atoms with Crippen LogP contribution in [0.15, 0.2) is 72.9 Å². The summed E-state index contributed by atoms with van der Waals surface area (Å²) in [6.07, 6.45) is 1.89. The number of rotatable bonds is 1. The van der Waals surface area contributed by atoms with Gasteiger partial charge in [-0.25, -0.2) is 0 Å². The van der Waals surface area contributed by atoms with Crippen LogP contribution in [0, 0.1) is 6.07 Å². The molecular weight excluding hydrogens is 551 g/mol. The maximum Gasteiger partial charge on any atom is 0.477 e. The van der Waals surface area contributed by atoms with Crippen molar-refractivity contribution in [3.8, 4) is 22.4 Å². The smallest absolute Gasteiger partial charge is 0.339 e. The summed E-state index contributed by atoms with van der Waals surface area (Å²) in [6, 6.07) is 27.1. The molecular formula is C26H23IrNO2. The van der Waals surface area contributed by atoms with Crippen LogP contribution in [0.3, 0.4) is 0 Å². The number of aromatic nitrogens is 1. The number of carboxylic acid groups (broad SMARTS) is 1. The zero-order chi connectivity index (χ0) is 20.6. The first-order valence-electron chi connectivity index (χ1n) is 9.61. The van der Waals surface area contributed by atoms with Gasteiger partial charge in [0.25, 0.3) is 0 Å². The van der Waals surface area contributed by atoms with Gasteiger partial charge in [0, 0.05) is 26.3 Å². The van der Waals surface area contributed by atoms with Crippen molar-refractivity contribution in [1.82, 2.24) is 4.98 Å². The summed E-state index contributed by atoms with van der Waals surface area (Å²) in [7, 11) is 0. The van der Waals surface area contributed by atoms with Crippen molar-refractivity contribution in [2.45, 2.75) is 26.2 Å². The van der Waals surface area contributed by atoms with E-state index in [1.54, 1.807) is 0 Å². The van der Waals surface area contributed by atoms with Crippen LogP contribution in [0.25, 0.3) is 33.2 Å². The minimum Gasteiger partial charge on any atom is -0.339 e. The topological polar surface area (TPSA) is 54.5 Å². The Morgan fingerprint density at radius 1 is 0.967 bits per heavy atom. The molecule has 1 heterocycles. The Balaban J connectivity index is 0.000000473. The number of aliphatic carboxylic acids is 1. The summed E-state index contributed by atoms with van der Waals surface area (Å²) < 4.78 is 0. The average Bonchev–Trinajstić information content (AvgIpc) is 2.94. The average molecular weight is 574 g/mol. The maximum absolute atomic E-state index is 7.53. The van der Waals surface area contributed by atoms with E-state index in [0.717, 1.165) is 11.3 Å². The monoisotopic (exact) mass is 574 g/mol. The summed E-state index contributed by atoms with van der Waals surface area (Å²) in [6.45, 7) is 5.80. The van der Waals surface area contributed by atoms with Crippen LogP contribution in [0.1, 0.15) is 31.9 Å². The molecule has 1 aliphatic rings. The number of hydrogen-bond acceptors (Lipinski definition) is 1. The zero-order valence-corrected chi connectivity index (χ0v) is 19.5. The Morgan fingerprint density at radius 2 is 1.63 bits per heavy atom. The number of aliphatic hydroxyl groups excluding tert-OH is 1. The predicted molar refractivity (Wildman–Crippen MR) is 119 cm³/mol. The van der Waals surface area contributed by atoms with Gasteiger partial charge in [0.2, 0.25) is 0 Å². The van der Waals surface area contributed by atoms with Crippen LogP contribution in [0.4, 0.5) is 0 Å². The number of hydrogen-bond donors (Lipinski definition) is 1. The molecule has 0 bridgehead atoms. The third-order valence-corrected chi connectivity index (χ3v) is 5.44. The van der Waals surface area contributed by atoms with Crippen molar-refractivity contribution in [1.29, 1.82) is 0 Å². The second-order valence-corrected chi connectivity index (χ2v) is 7.77. The van der Waals surface area contributed by atoms with E-state index in [4.69, 9.17) is 9.90 Å². The van der Waals surface area contributed by atoms with Gasteiger partial charge >= 0.3 is 5.97 Å². The number of fused-ring (bicyclic) bond motifs is 4. The second-order valence-electron chi connectivity index (χ2n) is 7.77. The molecule has 0 spiro atoms. The van der Waals surface area contributed by atoms with Crippen molar-refractivity contribution < 1.29 is 30.0 Å². The molecule has 0 saturated heterocycles. The van der Waals surface area contributed by atoms with E-state index in [2.05, 4.69) is 91.6 Å². The minimum atomic E-state index is -0.583. The third kappa shape index (κ3) is 3.81. The van der Waals surface area contributed by atoms with Crippen LogP contribution < -0.4 is 0 Å². The van der Waals surface area contributed by atoms with E-state index in [1.165, 1.54) is 39.9 Å². The molecule has 0 atom stereocenters. The van der Waals surface area contributed by atoms with Crippen LogP contribution in [-0.2, 0) is 25.5 Å². The molecule has 3 nitrogen and oxygen atoms in total. The van der Waals surface area contributed by atoms with Crippen LogP contribution in [0.2, 0.25) is 0 Å². The van der Waals surface area contributed by atoms with E-state index < -0.39 is 5.97 Å². The van der Waals surface area contributed by atoms with Crippen LogP contribution in [-0.4, -0.2) is 20.9 Å². The van der Waals surface area contributed by atoms with E-state index in [9.17, 15) is 0 Å². The first-order valence-corrected chi connectivity index (χ1v) is 9.61. The Bertz CT molecular complexity index is 1220. The number of pyridine rings is 1. The molecule has 1 aromatic heterocycles. The van der Waals surface area contributed by atoms with Gasteiger partial charge in [-0.1, -0.05) is 73.5 Å². The van der Waals surface area contributed by atoms with E-state index in [1.807, 2.05) is 6.20 Å². The number of nitrogens with zero attached hydrogens (tertiary/aromatic N) is 1. The third-order valence-electron chi connectivity index (χ3n) is 5.44. The van der Waals surface area contributed by atoms with Gasteiger partial charge in [0.1, 0.15) is 0 Å². The molecule has 0 aliphatic heterocycles. The van der Waals surface area contributed by atoms with Crippen LogP contribution in [0.5, 0.6) is 0 Å². The van der Waals surface area contributed by atoms with Gasteiger partial charge in [-0.15, -0.1) is 29.3 Å². The molecule has 5 rings (SSSR count). The summed E-state index contributed by atoms with van der Waals surface area (Å²) in [5, 5.41) is 9.92. The van der Waals surface area contributed by atoms with Crippen molar-refractivity contribution in [2.75, 3.05) is 0 Å². The number of carboxylic acids is 1. The summed E-state index contributed by atoms with van der Waals surface area (Å²) >= 11 is 0. The fourth-order valence-electron chi connectivity index (χ4n) is 4.11. The minimum absolute atomic E-state index is 0. The van der Waals surface area contributed by atoms with Crippen molar-refractivity contribution in [2.24, 2.45) is 0 Å². The summed E-state index contributed by atoms with van der Waals surface area (Å²) in [5.41, 5.74) is 7.45. The van der Waals surface area contributed by atoms with Gasteiger partial charge in [-0.2, -0.15) is 0 Å². The van der Waals surface area contributed by atoms with Gasteiger partial charge < -0.3 is 14.9 Å². The van der Waals surface area contributed by atoms with Crippen LogP contribution >= 0.6 is 0 Å². The molecule has 0 amide bonds. The molecule has 1 aliphatic carbocycles. The molecule has 153 valence electrons. The fourth-order valence-corrected chi connectivity index (χ4v) is 4.11. The Labute approximate surface area is 190 Å². The number of benzene rings is 3. The van der Waals surface area contributed by atoms with Gasteiger partial charge in [0.15, 0.2) is 0 Å². The molecule has 30 heavy (non-hydrogen) atoms. The first kappa shape index (κ1) is 21.9. The van der Waals surface area contributed by atoms with Crippen molar-refractivity contribution in [3.63, 3.8) is 0 Å². The SMILES string of the molecule is CC(O)=[OH+].CC1(C)c2ccccc2-c2c[c-]c(-c3nccc4ccccc34)cc21.[Ir]. The Kier molecular flexibility index (Phi) is 6.21. The molecule has 2 N–H and O–H groups in total. The molecule has 3 aromatic carbocycles. The molecule has 0 unspecified atom stereocenters. The Hall–Kier alpha value is -2.81. The van der Waals surface area contributed by atoms with E-state index >= 15 is 0 Å². The normalized spacial score (nSPS) is 12.8. The predicted octanol–water partition coefficient (Wildman–Crippen LogP) is 6.07. The molecule has 0 saturated carbocycles. The van der Waals surface area contributed by atoms with Gasteiger partial charge in [-0.3, -0.25) is 0 Å². The Morgan fingerprint density at radius 3 is 2.40 bits per heavy atom. The molecule has 1 radical (unpaired) electrons. The van der Waals surface area contributed by atoms with E-state index in [0.29, 0.717) is 0 Å². The first-order chi connectivity index (χ1) is 13.9. The van der Waals surface area contributed by atoms with Gasteiger partial charge in [0.05, 0.1) is 6.92 Å². The molecule has 4 aromatic rings. The fraction of sp³-hybridized carbons (Fsp3) is 0.154. The second kappa shape index (κ2) is 8.51. The summed E-state index contributed by atoms with van der Waals surface area (Å²) in [5.74, 6) is -0.583. The largest absolute Gasteiger partial charge is 0.477 e. The standard InChI is InChI=1S/C24H18N.C2H4O2.Ir/c1-24(2)21-10-6-5-9-19(21)20-12-11-17(15-22(20)24)23-18-8-4-3-7-16(18)13-14-25-23;1-2(3)4;/h3-10,12-15H,1-2H3;1H3,(H,3,4);/q-1;;/p+1. The quantitative estimate of drug-likeness (QED) is 0.222. The van der Waals surface area contributed by atoms with Crippen molar-refractivity contribution >= 4 is 16.7 Å². The van der Waals surface area contributed by atoms with Gasteiger partial charge in [-0.05, 0) is 33.5 Å². The van der Waals surface area contributed by atoms with E-state index in [-0.39, 0.29) is 25.5 Å². The maximum atomic E-state index is 7.53. The zero-order valence-electron chi connectivity index (χ0n) is 17.1.